The first-order valence-electron chi connectivity index (χ1n) is 6.23. The van der Waals surface area contributed by atoms with Gasteiger partial charge in [-0.15, -0.1) is 0 Å². The number of benzene rings is 2. The fourth-order valence-electron chi connectivity index (χ4n) is 1.67. The van der Waals surface area contributed by atoms with Crippen LogP contribution in [0.4, 0.5) is 0 Å². The lowest BCUT2D eigenvalue weighted by Crippen LogP contribution is -1.84. The molecule has 0 fully saturated rings. The third-order valence-corrected chi connectivity index (χ3v) is 2.59. The minimum absolute atomic E-state index is 0.674. The molecule has 0 heterocycles. The molecule has 0 saturated heterocycles. The van der Waals surface area contributed by atoms with E-state index in [1.165, 1.54) is 16.7 Å². The summed E-state index contributed by atoms with van der Waals surface area (Å²) in [5, 5.41) is 0.674. The Morgan fingerprint density at radius 2 is 1.39 bits per heavy atom. The molecular weight excluding hydrogens is 240 g/mol. The molecule has 0 bridgehead atoms. The maximum absolute atomic E-state index is 5.77. The lowest BCUT2D eigenvalue weighted by atomic mass is 10.0. The minimum Gasteiger partial charge on any atom is -0.0894 e. The predicted octanol–water partition coefficient (Wildman–Crippen LogP) is 5.67. The molecule has 0 radical (unpaired) electrons. The van der Waals surface area contributed by atoms with Crippen LogP contribution in [0.25, 0.3) is 11.1 Å². The Bertz CT molecular complexity index is 469. The molecule has 0 aliphatic heterocycles. The van der Waals surface area contributed by atoms with Gasteiger partial charge >= 0.3 is 0 Å². The third kappa shape index (κ3) is 4.38. The molecule has 0 aliphatic carbocycles. The quantitative estimate of drug-likeness (QED) is 0.665. The van der Waals surface area contributed by atoms with Gasteiger partial charge < -0.3 is 0 Å². The van der Waals surface area contributed by atoms with Gasteiger partial charge in [0.1, 0.15) is 0 Å². The standard InChI is InChI=1S/C15H13Cl.C2H6/c1-12(16)11-13-7-9-15(10-8-13)14-5-3-2-4-6-14;1-2/h2-10H,1,11H2;1-2H3. The molecule has 2 aromatic rings. The molecule has 0 aliphatic rings. The highest BCUT2D eigenvalue weighted by Crippen LogP contribution is 2.20. The normalized spacial score (nSPS) is 9.28. The van der Waals surface area contributed by atoms with Gasteiger partial charge in [0.2, 0.25) is 0 Å². The van der Waals surface area contributed by atoms with Crippen molar-refractivity contribution < 1.29 is 0 Å². The van der Waals surface area contributed by atoms with Gasteiger partial charge in [-0.2, -0.15) is 0 Å². The second-order valence-electron chi connectivity index (χ2n) is 3.76. The maximum Gasteiger partial charge on any atom is 0.0153 e. The van der Waals surface area contributed by atoms with E-state index in [1.54, 1.807) is 0 Å². The Kier molecular flexibility index (Phi) is 6.24. The summed E-state index contributed by atoms with van der Waals surface area (Å²) in [5.41, 5.74) is 3.66. The molecule has 0 atom stereocenters. The van der Waals surface area contributed by atoms with Crippen molar-refractivity contribution in [3.8, 4) is 11.1 Å². The first-order valence-corrected chi connectivity index (χ1v) is 6.61. The Labute approximate surface area is 115 Å². The predicted molar refractivity (Wildman–Crippen MR) is 81.9 cm³/mol. The number of hydrogen-bond acceptors (Lipinski definition) is 0. The van der Waals surface area contributed by atoms with Gasteiger partial charge in [-0.25, -0.2) is 0 Å². The largest absolute Gasteiger partial charge is 0.0894 e. The molecule has 94 valence electrons. The van der Waals surface area contributed by atoms with Crippen LogP contribution in [-0.4, -0.2) is 0 Å². The summed E-state index contributed by atoms with van der Waals surface area (Å²) in [6.45, 7) is 7.70. The van der Waals surface area contributed by atoms with E-state index in [2.05, 4.69) is 43.0 Å². The summed E-state index contributed by atoms with van der Waals surface area (Å²) in [7, 11) is 0. The number of hydrogen-bond donors (Lipinski definition) is 0. The average molecular weight is 259 g/mol. The number of halogens is 1. The van der Waals surface area contributed by atoms with Crippen LogP contribution in [-0.2, 0) is 6.42 Å². The van der Waals surface area contributed by atoms with Crippen LogP contribution in [0.3, 0.4) is 0 Å². The van der Waals surface area contributed by atoms with E-state index in [0.29, 0.717) is 5.03 Å². The number of rotatable bonds is 3. The second kappa shape index (κ2) is 7.73. The molecule has 1 heteroatoms. The summed E-state index contributed by atoms with van der Waals surface area (Å²) >= 11 is 5.77. The van der Waals surface area contributed by atoms with Crippen molar-refractivity contribution in [1.29, 1.82) is 0 Å². The van der Waals surface area contributed by atoms with Crippen LogP contribution in [0.5, 0.6) is 0 Å². The van der Waals surface area contributed by atoms with Crippen LogP contribution in [0.15, 0.2) is 66.2 Å². The van der Waals surface area contributed by atoms with Gasteiger partial charge in [-0.1, -0.05) is 86.6 Å². The van der Waals surface area contributed by atoms with Crippen LogP contribution in [0, 0.1) is 0 Å². The first-order chi connectivity index (χ1) is 8.75. The smallest absolute Gasteiger partial charge is 0.0153 e. The fraction of sp³-hybridized carbons (Fsp3) is 0.176. The van der Waals surface area contributed by atoms with Gasteiger partial charge in [0.25, 0.3) is 0 Å². The van der Waals surface area contributed by atoms with E-state index in [4.69, 9.17) is 11.6 Å². The summed E-state index contributed by atoms with van der Waals surface area (Å²) in [4.78, 5) is 0. The molecule has 0 amide bonds. The van der Waals surface area contributed by atoms with Crippen LogP contribution >= 0.6 is 11.6 Å². The van der Waals surface area contributed by atoms with E-state index < -0.39 is 0 Å². The summed E-state index contributed by atoms with van der Waals surface area (Å²) in [6.07, 6.45) is 0.733. The summed E-state index contributed by atoms with van der Waals surface area (Å²) in [5.74, 6) is 0. The Morgan fingerprint density at radius 3 is 1.89 bits per heavy atom. The third-order valence-electron chi connectivity index (χ3n) is 2.46. The highest BCUT2D eigenvalue weighted by molar-refractivity contribution is 6.29. The van der Waals surface area contributed by atoms with E-state index in [0.717, 1.165) is 6.42 Å². The van der Waals surface area contributed by atoms with Crippen LogP contribution in [0.1, 0.15) is 19.4 Å². The highest BCUT2D eigenvalue weighted by atomic mass is 35.5. The van der Waals surface area contributed by atoms with Gasteiger partial charge in [-0.05, 0) is 16.7 Å². The zero-order valence-corrected chi connectivity index (χ0v) is 11.7. The SMILES string of the molecule is C=C(Cl)Cc1ccc(-c2ccccc2)cc1.CC. The van der Waals surface area contributed by atoms with E-state index in [9.17, 15) is 0 Å². The molecule has 0 aromatic heterocycles. The zero-order valence-electron chi connectivity index (χ0n) is 11.0. The maximum atomic E-state index is 5.77. The molecule has 0 spiro atoms. The Morgan fingerprint density at radius 1 is 0.889 bits per heavy atom. The fourth-order valence-corrected chi connectivity index (χ4v) is 1.82. The molecule has 0 N–H and O–H groups in total. The van der Waals surface area contributed by atoms with Crippen LogP contribution in [0.2, 0.25) is 0 Å². The van der Waals surface area contributed by atoms with Gasteiger partial charge in [0, 0.05) is 11.5 Å². The molecule has 0 saturated carbocycles. The molecule has 18 heavy (non-hydrogen) atoms. The monoisotopic (exact) mass is 258 g/mol. The lowest BCUT2D eigenvalue weighted by molar-refractivity contribution is 1.25. The summed E-state index contributed by atoms with van der Waals surface area (Å²) < 4.78 is 0. The topological polar surface area (TPSA) is 0 Å². The molecule has 0 nitrogen and oxygen atoms in total. The van der Waals surface area contributed by atoms with Crippen LogP contribution < -0.4 is 0 Å². The van der Waals surface area contributed by atoms with E-state index >= 15 is 0 Å². The van der Waals surface area contributed by atoms with E-state index in [-0.39, 0.29) is 0 Å². The Balaban J connectivity index is 0.000000771. The molecular formula is C17H19Cl. The highest BCUT2D eigenvalue weighted by Gasteiger charge is 1.98. The van der Waals surface area contributed by atoms with Crippen molar-refractivity contribution in [2.24, 2.45) is 0 Å². The van der Waals surface area contributed by atoms with Gasteiger partial charge in [0.05, 0.1) is 0 Å². The van der Waals surface area contributed by atoms with E-state index in [1.807, 2.05) is 32.0 Å². The van der Waals surface area contributed by atoms with Crippen molar-refractivity contribution in [2.45, 2.75) is 20.3 Å². The zero-order chi connectivity index (χ0) is 13.4. The number of allylic oxidation sites excluding steroid dienone is 1. The second-order valence-corrected chi connectivity index (χ2v) is 4.29. The van der Waals surface area contributed by atoms with Gasteiger partial charge in [0.15, 0.2) is 0 Å². The average Bonchev–Trinajstić information content (AvgIpc) is 2.42. The molecule has 2 rings (SSSR count). The van der Waals surface area contributed by atoms with Crippen molar-refractivity contribution in [3.63, 3.8) is 0 Å². The molecule has 0 unspecified atom stereocenters. The Hall–Kier alpha value is -1.53. The van der Waals surface area contributed by atoms with Crippen molar-refractivity contribution >= 4 is 11.6 Å². The first kappa shape index (κ1) is 14.5. The lowest BCUT2D eigenvalue weighted by Gasteiger charge is -2.03. The minimum atomic E-state index is 0.674. The van der Waals surface area contributed by atoms with Crippen molar-refractivity contribution in [2.75, 3.05) is 0 Å². The van der Waals surface area contributed by atoms with Crippen molar-refractivity contribution in [1.82, 2.24) is 0 Å². The summed E-state index contributed by atoms with van der Waals surface area (Å²) in [6, 6.07) is 18.7. The van der Waals surface area contributed by atoms with Crippen molar-refractivity contribution in [3.05, 3.63) is 71.8 Å². The van der Waals surface area contributed by atoms with Gasteiger partial charge in [-0.3, -0.25) is 0 Å². The molecule has 2 aromatic carbocycles.